The molecule has 2 nitrogen and oxygen atoms in total. The fraction of sp³-hybridized carbons (Fsp3) is 0.294. The van der Waals surface area contributed by atoms with E-state index in [1.54, 1.807) is 25.3 Å². The van der Waals surface area contributed by atoms with E-state index >= 15 is 0 Å². The summed E-state index contributed by atoms with van der Waals surface area (Å²) in [6.45, 7) is 2.79. The molecule has 0 fully saturated rings. The van der Waals surface area contributed by atoms with Crippen LogP contribution in [0.2, 0.25) is 5.02 Å². The highest BCUT2D eigenvalue weighted by Crippen LogP contribution is 2.30. The van der Waals surface area contributed by atoms with Crippen LogP contribution in [0.15, 0.2) is 42.5 Å². The lowest BCUT2D eigenvalue weighted by molar-refractivity contribution is 0.398. The zero-order valence-electron chi connectivity index (χ0n) is 12.2. The van der Waals surface area contributed by atoms with Crippen LogP contribution in [0.25, 0.3) is 0 Å². The van der Waals surface area contributed by atoms with E-state index in [2.05, 4.69) is 5.32 Å². The molecule has 0 aliphatic heterocycles. The van der Waals surface area contributed by atoms with Crippen LogP contribution in [0.4, 0.5) is 4.39 Å². The predicted molar refractivity (Wildman–Crippen MR) is 84.5 cm³/mol. The number of nitrogens with one attached hydrogen (secondary N) is 1. The summed E-state index contributed by atoms with van der Waals surface area (Å²) in [4.78, 5) is 0. The molecule has 0 saturated carbocycles. The maximum atomic E-state index is 13.9. The number of likely N-dealkylation sites (N-methyl/N-ethyl adjacent to an activating group) is 1. The second-order valence-corrected chi connectivity index (χ2v) is 5.23. The Bertz CT molecular complexity index is 603. The Hall–Kier alpha value is -1.58. The lowest BCUT2D eigenvalue weighted by Crippen LogP contribution is -2.24. The van der Waals surface area contributed by atoms with Crippen LogP contribution in [0, 0.1) is 5.82 Å². The fourth-order valence-corrected chi connectivity index (χ4v) is 2.58. The third-order valence-corrected chi connectivity index (χ3v) is 3.63. The molecule has 0 spiro atoms. The second kappa shape index (κ2) is 7.43. The summed E-state index contributed by atoms with van der Waals surface area (Å²) in [6, 6.07) is 12.3. The molecule has 0 aliphatic carbocycles. The first kappa shape index (κ1) is 15.8. The molecule has 0 amide bonds. The van der Waals surface area contributed by atoms with Crippen LogP contribution >= 0.6 is 11.6 Å². The molecule has 1 atom stereocenters. The van der Waals surface area contributed by atoms with E-state index in [0.717, 1.165) is 17.9 Å². The smallest absolute Gasteiger partial charge is 0.126 e. The van der Waals surface area contributed by atoms with E-state index in [1.807, 2.05) is 25.1 Å². The normalized spacial score (nSPS) is 12.2. The van der Waals surface area contributed by atoms with Gasteiger partial charge >= 0.3 is 0 Å². The topological polar surface area (TPSA) is 21.3 Å². The first-order chi connectivity index (χ1) is 10.2. The number of methoxy groups -OCH3 is 1. The molecule has 0 aliphatic rings. The molecule has 4 heteroatoms. The average Bonchev–Trinajstić information content (AvgIpc) is 2.49. The molecule has 112 valence electrons. The van der Waals surface area contributed by atoms with Crippen LogP contribution in [-0.4, -0.2) is 13.7 Å². The Morgan fingerprint density at radius 2 is 2.00 bits per heavy atom. The number of benzene rings is 2. The highest BCUT2D eigenvalue weighted by Gasteiger charge is 2.18. The van der Waals surface area contributed by atoms with Gasteiger partial charge in [0, 0.05) is 16.6 Å². The maximum Gasteiger partial charge on any atom is 0.126 e. The Morgan fingerprint density at radius 1 is 1.24 bits per heavy atom. The van der Waals surface area contributed by atoms with Crippen molar-refractivity contribution in [2.75, 3.05) is 13.7 Å². The van der Waals surface area contributed by atoms with Crippen molar-refractivity contribution in [2.24, 2.45) is 0 Å². The number of rotatable bonds is 6. The summed E-state index contributed by atoms with van der Waals surface area (Å²) in [6.07, 6.45) is 0.539. The fourth-order valence-electron chi connectivity index (χ4n) is 2.40. The van der Waals surface area contributed by atoms with Crippen LogP contribution in [-0.2, 0) is 6.42 Å². The minimum Gasteiger partial charge on any atom is -0.496 e. The van der Waals surface area contributed by atoms with Gasteiger partial charge in [0.05, 0.1) is 7.11 Å². The Kier molecular flexibility index (Phi) is 5.59. The van der Waals surface area contributed by atoms with E-state index < -0.39 is 0 Å². The molecule has 0 heterocycles. The van der Waals surface area contributed by atoms with Crippen LogP contribution in [0.5, 0.6) is 5.75 Å². The molecule has 0 bridgehead atoms. The quantitative estimate of drug-likeness (QED) is 0.855. The largest absolute Gasteiger partial charge is 0.496 e. The van der Waals surface area contributed by atoms with Crippen molar-refractivity contribution < 1.29 is 9.13 Å². The molecule has 0 aromatic heterocycles. The van der Waals surface area contributed by atoms with E-state index in [0.29, 0.717) is 17.0 Å². The molecule has 2 rings (SSSR count). The van der Waals surface area contributed by atoms with Crippen molar-refractivity contribution in [3.63, 3.8) is 0 Å². The summed E-state index contributed by atoms with van der Waals surface area (Å²) < 4.78 is 19.3. The van der Waals surface area contributed by atoms with Crippen molar-refractivity contribution in [1.29, 1.82) is 0 Å². The van der Waals surface area contributed by atoms with Crippen LogP contribution < -0.4 is 10.1 Å². The van der Waals surface area contributed by atoms with E-state index in [1.165, 1.54) is 6.07 Å². The summed E-state index contributed by atoms with van der Waals surface area (Å²) in [5.74, 6) is 0.558. The molecule has 0 radical (unpaired) electrons. The molecule has 1 unspecified atom stereocenters. The summed E-state index contributed by atoms with van der Waals surface area (Å²) in [5, 5.41) is 4.01. The summed E-state index contributed by atoms with van der Waals surface area (Å²) in [5.41, 5.74) is 1.61. The minimum absolute atomic E-state index is 0.0550. The second-order valence-electron chi connectivity index (χ2n) is 4.79. The van der Waals surface area contributed by atoms with Crippen molar-refractivity contribution in [3.05, 3.63) is 64.4 Å². The van der Waals surface area contributed by atoms with E-state index in [9.17, 15) is 4.39 Å². The molecule has 21 heavy (non-hydrogen) atoms. The van der Waals surface area contributed by atoms with Crippen molar-refractivity contribution in [2.45, 2.75) is 19.4 Å². The maximum absolute atomic E-state index is 13.9. The van der Waals surface area contributed by atoms with Gasteiger partial charge in [0.1, 0.15) is 11.6 Å². The standard InChI is InChI=1S/C17H19ClFNO/c1-3-20-16(10-12-6-4-5-7-15(12)19)14-11-13(18)8-9-17(14)21-2/h4-9,11,16,20H,3,10H2,1-2H3. The van der Waals surface area contributed by atoms with Crippen LogP contribution in [0.3, 0.4) is 0 Å². The van der Waals surface area contributed by atoms with Gasteiger partial charge in [-0.05, 0) is 42.8 Å². The Labute approximate surface area is 129 Å². The van der Waals surface area contributed by atoms with E-state index in [4.69, 9.17) is 16.3 Å². The SMILES string of the molecule is CCNC(Cc1ccccc1F)c1cc(Cl)ccc1OC. The average molecular weight is 308 g/mol. The zero-order chi connectivity index (χ0) is 15.2. The lowest BCUT2D eigenvalue weighted by atomic mass is 9.97. The first-order valence-corrected chi connectivity index (χ1v) is 7.33. The van der Waals surface area contributed by atoms with Crippen LogP contribution in [0.1, 0.15) is 24.1 Å². The minimum atomic E-state index is -0.193. The monoisotopic (exact) mass is 307 g/mol. The summed E-state index contributed by atoms with van der Waals surface area (Å²) >= 11 is 6.09. The number of ether oxygens (including phenoxy) is 1. The number of hydrogen-bond acceptors (Lipinski definition) is 2. The van der Waals surface area contributed by atoms with Gasteiger partial charge in [-0.2, -0.15) is 0 Å². The van der Waals surface area contributed by atoms with Crippen molar-refractivity contribution in [1.82, 2.24) is 5.32 Å². The van der Waals surface area contributed by atoms with Crippen molar-refractivity contribution in [3.8, 4) is 5.75 Å². The van der Waals surface area contributed by atoms with Gasteiger partial charge in [-0.1, -0.05) is 36.7 Å². The lowest BCUT2D eigenvalue weighted by Gasteiger charge is -2.21. The van der Waals surface area contributed by atoms with Gasteiger partial charge in [0.15, 0.2) is 0 Å². The molecular formula is C17H19ClFNO. The van der Waals surface area contributed by atoms with Gasteiger partial charge in [0.2, 0.25) is 0 Å². The molecule has 2 aromatic carbocycles. The van der Waals surface area contributed by atoms with Gasteiger partial charge in [0.25, 0.3) is 0 Å². The van der Waals surface area contributed by atoms with Gasteiger partial charge in [-0.15, -0.1) is 0 Å². The highest BCUT2D eigenvalue weighted by molar-refractivity contribution is 6.30. The Morgan fingerprint density at radius 3 is 2.67 bits per heavy atom. The molecule has 2 aromatic rings. The molecule has 0 saturated heterocycles. The van der Waals surface area contributed by atoms with E-state index in [-0.39, 0.29) is 11.9 Å². The molecular weight excluding hydrogens is 289 g/mol. The molecule has 1 N–H and O–H groups in total. The van der Waals surface area contributed by atoms with Gasteiger partial charge in [-0.3, -0.25) is 0 Å². The number of hydrogen-bond donors (Lipinski definition) is 1. The highest BCUT2D eigenvalue weighted by atomic mass is 35.5. The number of halogens is 2. The third kappa shape index (κ3) is 3.96. The van der Waals surface area contributed by atoms with Gasteiger partial charge < -0.3 is 10.1 Å². The van der Waals surface area contributed by atoms with Gasteiger partial charge in [-0.25, -0.2) is 4.39 Å². The first-order valence-electron chi connectivity index (χ1n) is 6.96. The Balaban J connectivity index is 2.35. The third-order valence-electron chi connectivity index (χ3n) is 3.40. The van der Waals surface area contributed by atoms with Crippen molar-refractivity contribution >= 4 is 11.6 Å². The summed E-state index contributed by atoms with van der Waals surface area (Å²) in [7, 11) is 1.62. The zero-order valence-corrected chi connectivity index (χ0v) is 13.0. The predicted octanol–water partition coefficient (Wildman–Crippen LogP) is 4.38.